The summed E-state index contributed by atoms with van der Waals surface area (Å²) >= 11 is 1.60. The molecule has 0 saturated heterocycles. The molecule has 0 spiro atoms. The van der Waals surface area contributed by atoms with Gasteiger partial charge in [0.25, 0.3) is 0 Å². The summed E-state index contributed by atoms with van der Waals surface area (Å²) in [7, 11) is 0. The molecule has 150 valence electrons. The van der Waals surface area contributed by atoms with E-state index in [4.69, 9.17) is 0 Å². The number of hydrogen-bond donors (Lipinski definition) is 1. The summed E-state index contributed by atoms with van der Waals surface area (Å²) in [5.74, 6) is 1.06. The zero-order valence-electron chi connectivity index (χ0n) is 17.0. The molecule has 0 aliphatic heterocycles. The lowest BCUT2D eigenvalue weighted by Crippen LogP contribution is -2.49. The summed E-state index contributed by atoms with van der Waals surface area (Å²) in [5.41, 5.74) is 3.64. The van der Waals surface area contributed by atoms with Crippen molar-refractivity contribution < 1.29 is 9.59 Å². The van der Waals surface area contributed by atoms with Crippen molar-refractivity contribution in [2.75, 3.05) is 18.8 Å². The standard InChI is InChI=1S/C23H30N2O2S/c1-4-24-23(27)19(3)25(15-14-20-11-6-5-7-12-20)22(26)17-28-16-21-13-9-8-10-18(21)2/h5-13,19H,4,14-17H2,1-3H3,(H,24,27)/t19-/m0/s1. The number of amides is 2. The Hall–Kier alpha value is -2.27. The van der Waals surface area contributed by atoms with E-state index in [1.807, 2.05) is 49.4 Å². The van der Waals surface area contributed by atoms with Crippen LogP contribution in [0.1, 0.15) is 30.5 Å². The summed E-state index contributed by atoms with van der Waals surface area (Å²) in [5, 5.41) is 2.83. The molecule has 2 rings (SSSR count). The van der Waals surface area contributed by atoms with Crippen LogP contribution < -0.4 is 5.32 Å². The van der Waals surface area contributed by atoms with Crippen LogP contribution >= 0.6 is 11.8 Å². The number of carbonyl (C=O) groups is 2. The first-order chi connectivity index (χ1) is 13.5. The number of aryl methyl sites for hydroxylation is 1. The number of thioether (sulfide) groups is 1. The quantitative estimate of drug-likeness (QED) is 0.662. The van der Waals surface area contributed by atoms with Crippen LogP contribution in [0, 0.1) is 6.92 Å². The number of nitrogens with one attached hydrogen (secondary N) is 1. The molecule has 2 aromatic rings. The second-order valence-corrected chi connectivity index (χ2v) is 7.80. The smallest absolute Gasteiger partial charge is 0.242 e. The molecule has 5 heteroatoms. The topological polar surface area (TPSA) is 49.4 Å². The van der Waals surface area contributed by atoms with Gasteiger partial charge < -0.3 is 10.2 Å². The Kier molecular flexibility index (Phi) is 9.08. The van der Waals surface area contributed by atoms with Crippen molar-refractivity contribution in [2.45, 2.75) is 39.0 Å². The third-order valence-corrected chi connectivity index (χ3v) is 5.71. The van der Waals surface area contributed by atoms with Gasteiger partial charge in [-0.25, -0.2) is 0 Å². The van der Waals surface area contributed by atoms with E-state index >= 15 is 0 Å². The fourth-order valence-electron chi connectivity index (χ4n) is 3.00. The van der Waals surface area contributed by atoms with Crippen molar-refractivity contribution in [1.29, 1.82) is 0 Å². The van der Waals surface area contributed by atoms with Crippen molar-refractivity contribution >= 4 is 23.6 Å². The number of nitrogens with zero attached hydrogens (tertiary/aromatic N) is 1. The highest BCUT2D eigenvalue weighted by atomic mass is 32.2. The SMILES string of the molecule is CCNC(=O)[C@H](C)N(CCc1ccccc1)C(=O)CSCc1ccccc1C. The van der Waals surface area contributed by atoms with Crippen molar-refractivity contribution in [3.63, 3.8) is 0 Å². The van der Waals surface area contributed by atoms with E-state index in [2.05, 4.69) is 24.4 Å². The van der Waals surface area contributed by atoms with Gasteiger partial charge in [0.2, 0.25) is 11.8 Å². The highest BCUT2D eigenvalue weighted by Crippen LogP contribution is 2.17. The number of benzene rings is 2. The predicted octanol–water partition coefficient (Wildman–Crippen LogP) is 3.82. The first-order valence-electron chi connectivity index (χ1n) is 9.76. The maximum atomic E-state index is 12.9. The van der Waals surface area contributed by atoms with Crippen molar-refractivity contribution in [2.24, 2.45) is 0 Å². The lowest BCUT2D eigenvalue weighted by Gasteiger charge is -2.28. The third kappa shape index (κ3) is 6.71. The van der Waals surface area contributed by atoms with Gasteiger partial charge in [0, 0.05) is 18.8 Å². The Morgan fingerprint density at radius 3 is 2.43 bits per heavy atom. The molecule has 0 bridgehead atoms. The molecule has 0 heterocycles. The summed E-state index contributed by atoms with van der Waals surface area (Å²) < 4.78 is 0. The molecule has 0 aliphatic carbocycles. The Bertz CT molecular complexity index is 764. The van der Waals surface area contributed by atoms with Crippen LogP contribution in [0.3, 0.4) is 0 Å². The largest absolute Gasteiger partial charge is 0.355 e. The van der Waals surface area contributed by atoms with Gasteiger partial charge in [-0.05, 0) is 43.9 Å². The maximum absolute atomic E-state index is 12.9. The number of likely N-dealkylation sites (N-methyl/N-ethyl adjacent to an activating group) is 1. The fraction of sp³-hybridized carbons (Fsp3) is 0.391. The van der Waals surface area contributed by atoms with Gasteiger partial charge in [-0.2, -0.15) is 0 Å². The fourth-order valence-corrected chi connectivity index (χ4v) is 3.98. The van der Waals surface area contributed by atoms with E-state index in [0.29, 0.717) is 18.8 Å². The minimum atomic E-state index is -0.477. The van der Waals surface area contributed by atoms with E-state index in [1.54, 1.807) is 23.6 Å². The third-order valence-electron chi connectivity index (χ3n) is 4.75. The Morgan fingerprint density at radius 2 is 1.75 bits per heavy atom. The molecule has 0 fully saturated rings. The van der Waals surface area contributed by atoms with Crippen LogP contribution in [-0.2, 0) is 21.8 Å². The molecule has 0 saturated carbocycles. The first-order valence-corrected chi connectivity index (χ1v) is 10.9. The lowest BCUT2D eigenvalue weighted by atomic mass is 10.1. The zero-order valence-corrected chi connectivity index (χ0v) is 17.8. The number of carbonyl (C=O) groups excluding carboxylic acids is 2. The molecule has 1 N–H and O–H groups in total. The molecule has 0 unspecified atom stereocenters. The van der Waals surface area contributed by atoms with Gasteiger partial charge in [-0.1, -0.05) is 54.6 Å². The van der Waals surface area contributed by atoms with Gasteiger partial charge >= 0.3 is 0 Å². The van der Waals surface area contributed by atoms with Gasteiger partial charge in [0.15, 0.2) is 0 Å². The molecule has 0 radical (unpaired) electrons. The van der Waals surface area contributed by atoms with E-state index in [-0.39, 0.29) is 11.8 Å². The molecular weight excluding hydrogens is 368 g/mol. The van der Waals surface area contributed by atoms with Gasteiger partial charge in [0.05, 0.1) is 5.75 Å². The molecular formula is C23H30N2O2S. The van der Waals surface area contributed by atoms with Crippen LogP contribution in [0.15, 0.2) is 54.6 Å². The summed E-state index contributed by atoms with van der Waals surface area (Å²) in [4.78, 5) is 27.0. The molecule has 2 aromatic carbocycles. The summed E-state index contributed by atoms with van der Waals surface area (Å²) in [6, 6.07) is 17.8. The van der Waals surface area contributed by atoms with Crippen LogP contribution in [0.2, 0.25) is 0 Å². The second kappa shape index (κ2) is 11.5. The number of rotatable bonds is 10. The minimum absolute atomic E-state index is 0.00766. The average Bonchev–Trinajstić information content (AvgIpc) is 2.70. The van der Waals surface area contributed by atoms with Crippen LogP contribution in [-0.4, -0.2) is 41.6 Å². The van der Waals surface area contributed by atoms with Crippen LogP contribution in [0.4, 0.5) is 0 Å². The van der Waals surface area contributed by atoms with Crippen LogP contribution in [0.25, 0.3) is 0 Å². The highest BCUT2D eigenvalue weighted by molar-refractivity contribution is 7.99. The maximum Gasteiger partial charge on any atom is 0.242 e. The Balaban J connectivity index is 1.98. The van der Waals surface area contributed by atoms with Gasteiger partial charge in [0.1, 0.15) is 6.04 Å². The Labute approximate surface area is 172 Å². The second-order valence-electron chi connectivity index (χ2n) is 6.81. The Morgan fingerprint density at radius 1 is 1.07 bits per heavy atom. The van der Waals surface area contributed by atoms with Crippen LogP contribution in [0.5, 0.6) is 0 Å². The number of hydrogen-bond acceptors (Lipinski definition) is 3. The molecule has 4 nitrogen and oxygen atoms in total. The minimum Gasteiger partial charge on any atom is -0.355 e. The molecule has 28 heavy (non-hydrogen) atoms. The van der Waals surface area contributed by atoms with Crippen molar-refractivity contribution in [1.82, 2.24) is 10.2 Å². The van der Waals surface area contributed by atoms with E-state index in [9.17, 15) is 9.59 Å². The molecule has 0 aromatic heterocycles. The lowest BCUT2D eigenvalue weighted by molar-refractivity contribution is -0.137. The predicted molar refractivity (Wildman–Crippen MR) is 117 cm³/mol. The van der Waals surface area contributed by atoms with Gasteiger partial charge in [-0.15, -0.1) is 11.8 Å². The van der Waals surface area contributed by atoms with Gasteiger partial charge in [-0.3, -0.25) is 9.59 Å². The monoisotopic (exact) mass is 398 g/mol. The van der Waals surface area contributed by atoms with E-state index in [0.717, 1.165) is 17.7 Å². The summed E-state index contributed by atoms with van der Waals surface area (Å²) in [6.45, 7) is 6.87. The normalized spacial score (nSPS) is 11.7. The van der Waals surface area contributed by atoms with E-state index < -0.39 is 6.04 Å². The van der Waals surface area contributed by atoms with E-state index in [1.165, 1.54) is 11.1 Å². The van der Waals surface area contributed by atoms with Crippen molar-refractivity contribution in [3.8, 4) is 0 Å². The first kappa shape index (κ1) is 22.0. The van der Waals surface area contributed by atoms with Crippen molar-refractivity contribution in [3.05, 3.63) is 71.3 Å². The average molecular weight is 399 g/mol. The molecule has 0 aliphatic rings. The summed E-state index contributed by atoms with van der Waals surface area (Å²) in [6.07, 6.45) is 0.735. The molecule has 1 atom stereocenters. The zero-order chi connectivity index (χ0) is 20.4. The molecule has 2 amide bonds. The highest BCUT2D eigenvalue weighted by Gasteiger charge is 2.25.